The lowest BCUT2D eigenvalue weighted by Gasteiger charge is -2.27. The summed E-state index contributed by atoms with van der Waals surface area (Å²) < 4.78 is 13.6. The largest absolute Gasteiger partial charge is 0.252 e. The minimum absolute atomic E-state index is 0.146. The van der Waals surface area contributed by atoms with Crippen LogP contribution in [-0.4, -0.2) is 4.98 Å². The van der Waals surface area contributed by atoms with E-state index in [1.807, 2.05) is 56.3 Å². The second kappa shape index (κ2) is 12.1. The number of aromatic nitrogens is 1. The third-order valence-electron chi connectivity index (χ3n) is 5.87. The van der Waals surface area contributed by atoms with Crippen LogP contribution in [0.4, 0.5) is 4.39 Å². The lowest BCUT2D eigenvalue weighted by Crippen LogP contribution is -2.15. The molecule has 33 heavy (non-hydrogen) atoms. The molecule has 1 aromatic carbocycles. The number of benzene rings is 1. The summed E-state index contributed by atoms with van der Waals surface area (Å²) in [4.78, 5) is 4.88. The molecule has 0 spiro atoms. The third-order valence-corrected chi connectivity index (χ3v) is 5.87. The summed E-state index contributed by atoms with van der Waals surface area (Å²) >= 11 is 0. The molecule has 0 bridgehead atoms. The van der Waals surface area contributed by atoms with E-state index >= 15 is 0 Å². The molecule has 2 nitrogen and oxygen atoms in total. The Morgan fingerprint density at radius 2 is 1.88 bits per heavy atom. The van der Waals surface area contributed by atoms with Gasteiger partial charge >= 0.3 is 0 Å². The van der Waals surface area contributed by atoms with E-state index in [1.165, 1.54) is 5.57 Å². The van der Waals surface area contributed by atoms with Crippen LogP contribution in [-0.2, 0) is 6.42 Å². The van der Waals surface area contributed by atoms with E-state index in [9.17, 15) is 9.65 Å². The van der Waals surface area contributed by atoms with Gasteiger partial charge in [-0.1, -0.05) is 56.3 Å². The quantitative estimate of drug-likeness (QED) is 0.402. The summed E-state index contributed by atoms with van der Waals surface area (Å²) in [6.45, 7) is 16.0. The van der Waals surface area contributed by atoms with Crippen molar-refractivity contribution in [1.29, 1.82) is 5.26 Å². The van der Waals surface area contributed by atoms with Crippen molar-refractivity contribution in [3.8, 4) is 17.3 Å². The summed E-state index contributed by atoms with van der Waals surface area (Å²) in [7, 11) is 0. The highest BCUT2D eigenvalue weighted by Gasteiger charge is 2.23. The minimum atomic E-state index is -0.149. The average Bonchev–Trinajstić information content (AvgIpc) is 2.79. The predicted molar refractivity (Wildman–Crippen MR) is 138 cm³/mol. The molecule has 1 aromatic heterocycles. The maximum absolute atomic E-state index is 13.6. The molecule has 0 N–H and O–H groups in total. The Balaban J connectivity index is 0.000000696. The van der Waals surface area contributed by atoms with Gasteiger partial charge < -0.3 is 0 Å². The van der Waals surface area contributed by atoms with Crippen molar-refractivity contribution in [3.05, 3.63) is 96.0 Å². The van der Waals surface area contributed by atoms with E-state index in [1.54, 1.807) is 12.2 Å². The van der Waals surface area contributed by atoms with Gasteiger partial charge in [-0.3, -0.25) is 4.98 Å². The number of hydrogen-bond acceptors (Lipinski definition) is 2. The monoisotopic (exact) mass is 442 g/mol. The number of pyridine rings is 1. The first-order valence-corrected chi connectivity index (χ1v) is 11.5. The van der Waals surface area contributed by atoms with Gasteiger partial charge in [0.2, 0.25) is 0 Å². The fourth-order valence-corrected chi connectivity index (χ4v) is 3.75. The number of nitrogens with zero attached hydrogens (tertiary/aromatic N) is 2. The fraction of sp³-hybridized carbons (Fsp3) is 0.333. The van der Waals surface area contributed by atoms with Gasteiger partial charge in [0, 0.05) is 11.3 Å². The van der Waals surface area contributed by atoms with Crippen LogP contribution in [0, 0.1) is 16.7 Å². The Morgan fingerprint density at radius 3 is 2.48 bits per heavy atom. The maximum Gasteiger partial charge on any atom is 0.119 e. The van der Waals surface area contributed by atoms with Crippen molar-refractivity contribution >= 4 is 5.57 Å². The number of hydrogen-bond donors (Lipinski definition) is 0. The van der Waals surface area contributed by atoms with E-state index in [4.69, 9.17) is 4.98 Å². The highest BCUT2D eigenvalue weighted by molar-refractivity contribution is 5.70. The Morgan fingerprint density at radius 1 is 1.18 bits per heavy atom. The van der Waals surface area contributed by atoms with Crippen molar-refractivity contribution in [3.63, 3.8) is 0 Å². The second-order valence-electron chi connectivity index (χ2n) is 9.08. The Labute approximate surface area is 198 Å². The van der Waals surface area contributed by atoms with Gasteiger partial charge in [0.15, 0.2) is 0 Å². The molecule has 1 heterocycles. The molecule has 0 saturated carbocycles. The van der Waals surface area contributed by atoms with Crippen molar-refractivity contribution in [2.75, 3.05) is 0 Å². The summed E-state index contributed by atoms with van der Waals surface area (Å²) in [6.07, 6.45) is 9.74. The van der Waals surface area contributed by atoms with Gasteiger partial charge in [-0.05, 0) is 86.8 Å². The number of aryl methyl sites for hydroxylation is 1. The molecule has 0 aliphatic heterocycles. The molecule has 0 fully saturated rings. The van der Waals surface area contributed by atoms with Gasteiger partial charge in [-0.25, -0.2) is 4.39 Å². The van der Waals surface area contributed by atoms with E-state index < -0.39 is 0 Å². The van der Waals surface area contributed by atoms with E-state index in [2.05, 4.69) is 33.1 Å². The Hall–Kier alpha value is -3.25. The molecular weight excluding hydrogens is 407 g/mol. The zero-order valence-corrected chi connectivity index (χ0v) is 20.4. The van der Waals surface area contributed by atoms with Crippen LogP contribution >= 0.6 is 0 Å². The van der Waals surface area contributed by atoms with Gasteiger partial charge in [-0.15, -0.1) is 6.58 Å². The molecular formula is C30H35FN2. The second-order valence-corrected chi connectivity index (χ2v) is 9.08. The topological polar surface area (TPSA) is 36.7 Å². The first kappa shape index (κ1) is 26.0. The lowest BCUT2D eigenvalue weighted by atomic mass is 9.79. The molecule has 1 unspecified atom stereocenters. The number of allylic oxidation sites excluding steroid dienone is 6. The first-order valence-electron chi connectivity index (χ1n) is 11.5. The number of rotatable bonds is 7. The van der Waals surface area contributed by atoms with Crippen LogP contribution in [0.1, 0.15) is 70.2 Å². The molecule has 0 saturated heterocycles. The van der Waals surface area contributed by atoms with Crippen molar-refractivity contribution in [1.82, 2.24) is 4.98 Å². The molecule has 0 amide bonds. The van der Waals surface area contributed by atoms with Crippen LogP contribution < -0.4 is 0 Å². The molecule has 3 heteroatoms. The Kier molecular flexibility index (Phi) is 9.55. The van der Waals surface area contributed by atoms with Gasteiger partial charge in [0.25, 0.3) is 0 Å². The molecule has 2 aromatic rings. The zero-order valence-electron chi connectivity index (χ0n) is 20.4. The molecule has 1 aliphatic rings. The summed E-state index contributed by atoms with van der Waals surface area (Å²) in [5.41, 5.74) is 6.37. The summed E-state index contributed by atoms with van der Waals surface area (Å²) in [5.74, 6) is -0.149. The number of nitriles is 1. The van der Waals surface area contributed by atoms with E-state index in [0.29, 0.717) is 5.56 Å². The Bertz CT molecular complexity index is 1100. The fourth-order valence-electron chi connectivity index (χ4n) is 3.75. The first-order chi connectivity index (χ1) is 15.7. The zero-order chi connectivity index (χ0) is 24.4. The summed E-state index contributed by atoms with van der Waals surface area (Å²) in [5, 5.41) is 9.39. The average molecular weight is 443 g/mol. The molecule has 1 atom stereocenters. The predicted octanol–water partition coefficient (Wildman–Crippen LogP) is 8.77. The number of halogens is 1. The molecule has 172 valence electrons. The molecule has 1 aliphatic carbocycles. The SMILES string of the molecule is C=C(C)CC.C=C(C)c1ccc(-c2ccccc2C#N)nc1CCCC1(C)C=C(F)C=CC1. The van der Waals surface area contributed by atoms with E-state index in [0.717, 1.165) is 60.2 Å². The van der Waals surface area contributed by atoms with Gasteiger partial charge in [-0.2, -0.15) is 5.26 Å². The van der Waals surface area contributed by atoms with Crippen molar-refractivity contribution < 1.29 is 4.39 Å². The van der Waals surface area contributed by atoms with E-state index in [-0.39, 0.29) is 11.2 Å². The minimum Gasteiger partial charge on any atom is -0.252 e. The highest BCUT2D eigenvalue weighted by Crippen LogP contribution is 2.35. The molecule has 0 radical (unpaired) electrons. The van der Waals surface area contributed by atoms with Crippen LogP contribution in [0.15, 0.2) is 79.2 Å². The standard InChI is InChI=1S/C25H25FN2.C5H10/c1-18(2)21-12-13-24(22-10-5-4-8-19(22)17-27)28-23(21)11-7-15-25(3)14-6-9-20(26)16-25;1-4-5(2)3/h4-6,8-10,12-13,16H,1,7,11,14-15H2,2-3H3;2,4H2,1,3H3. The third kappa shape index (κ3) is 7.68. The van der Waals surface area contributed by atoms with Crippen molar-refractivity contribution in [2.45, 2.75) is 59.8 Å². The van der Waals surface area contributed by atoms with Crippen LogP contribution in [0.5, 0.6) is 0 Å². The van der Waals surface area contributed by atoms with Crippen LogP contribution in [0.25, 0.3) is 16.8 Å². The smallest absolute Gasteiger partial charge is 0.119 e. The maximum atomic E-state index is 13.6. The normalized spacial score (nSPS) is 16.8. The van der Waals surface area contributed by atoms with Crippen LogP contribution in [0.2, 0.25) is 0 Å². The van der Waals surface area contributed by atoms with Crippen molar-refractivity contribution in [2.24, 2.45) is 5.41 Å². The highest BCUT2D eigenvalue weighted by atomic mass is 19.1. The summed E-state index contributed by atoms with van der Waals surface area (Å²) in [6, 6.07) is 13.7. The van der Waals surface area contributed by atoms with Gasteiger partial charge in [0.05, 0.1) is 17.3 Å². The van der Waals surface area contributed by atoms with Crippen LogP contribution in [0.3, 0.4) is 0 Å². The lowest BCUT2D eigenvalue weighted by molar-refractivity contribution is 0.368. The van der Waals surface area contributed by atoms with Gasteiger partial charge in [0.1, 0.15) is 5.83 Å². The molecule has 3 rings (SSSR count).